The van der Waals surface area contributed by atoms with Crippen molar-refractivity contribution in [2.45, 2.75) is 13.5 Å². The van der Waals surface area contributed by atoms with Gasteiger partial charge in [0.25, 0.3) is 11.1 Å². The number of amides is 3. The molecule has 1 aliphatic rings. The molecule has 7 nitrogen and oxygen atoms in total. The van der Waals surface area contributed by atoms with Crippen LogP contribution in [0.15, 0.2) is 76.1 Å². The molecule has 1 fully saturated rings. The summed E-state index contributed by atoms with van der Waals surface area (Å²) in [7, 11) is 1.55. The maximum atomic E-state index is 13.0. The SMILES string of the molecule is COc1ccc(NC(=O)CN2C(=O)S/C(=C/c3cc(Br)ccc3OCc3ccc(C)cc3)C2=O)cc1. The highest BCUT2D eigenvalue weighted by molar-refractivity contribution is 9.10. The summed E-state index contributed by atoms with van der Waals surface area (Å²) in [5.41, 5.74) is 3.35. The van der Waals surface area contributed by atoms with Gasteiger partial charge >= 0.3 is 0 Å². The predicted molar refractivity (Wildman–Crippen MR) is 144 cm³/mol. The minimum Gasteiger partial charge on any atom is -0.497 e. The number of halogens is 1. The molecule has 1 heterocycles. The van der Waals surface area contributed by atoms with Gasteiger partial charge in [-0.2, -0.15) is 0 Å². The summed E-state index contributed by atoms with van der Waals surface area (Å²) in [6.45, 7) is 1.99. The van der Waals surface area contributed by atoms with Gasteiger partial charge in [0, 0.05) is 15.7 Å². The standard InChI is InChI=1S/C27H23BrN2O5S/c1-17-3-5-18(6-4-17)16-35-23-12-7-20(28)13-19(23)14-24-26(32)30(27(33)36-24)15-25(31)29-21-8-10-22(34-2)11-9-21/h3-14H,15-16H2,1-2H3,(H,29,31)/b24-14+. The van der Waals surface area contributed by atoms with Gasteiger partial charge in [0.1, 0.15) is 24.7 Å². The quantitative estimate of drug-likeness (QED) is 0.335. The van der Waals surface area contributed by atoms with Crippen LogP contribution in [0.4, 0.5) is 10.5 Å². The largest absolute Gasteiger partial charge is 0.497 e. The van der Waals surface area contributed by atoms with E-state index in [1.54, 1.807) is 43.5 Å². The lowest BCUT2D eigenvalue weighted by molar-refractivity contribution is -0.127. The lowest BCUT2D eigenvalue weighted by atomic mass is 10.1. The fraction of sp³-hybridized carbons (Fsp3) is 0.148. The first-order valence-electron chi connectivity index (χ1n) is 11.0. The average Bonchev–Trinajstić information content (AvgIpc) is 3.12. The van der Waals surface area contributed by atoms with E-state index in [0.717, 1.165) is 32.3 Å². The Kier molecular flexibility index (Phi) is 8.12. The molecule has 3 amide bonds. The number of carbonyl (C=O) groups excluding carboxylic acids is 3. The van der Waals surface area contributed by atoms with Gasteiger partial charge in [0.15, 0.2) is 0 Å². The lowest BCUT2D eigenvalue weighted by Crippen LogP contribution is -2.36. The van der Waals surface area contributed by atoms with Gasteiger partial charge in [-0.25, -0.2) is 0 Å². The number of imide groups is 1. The second-order valence-corrected chi connectivity index (χ2v) is 9.91. The van der Waals surface area contributed by atoms with E-state index in [1.165, 1.54) is 0 Å². The van der Waals surface area contributed by atoms with Gasteiger partial charge in [0.2, 0.25) is 5.91 Å². The number of methoxy groups -OCH3 is 1. The Morgan fingerprint density at radius 1 is 1.06 bits per heavy atom. The molecule has 9 heteroatoms. The number of aryl methyl sites for hydroxylation is 1. The minimum absolute atomic E-state index is 0.218. The summed E-state index contributed by atoms with van der Waals surface area (Å²) in [4.78, 5) is 39.1. The predicted octanol–water partition coefficient (Wildman–Crippen LogP) is 6.02. The van der Waals surface area contributed by atoms with Gasteiger partial charge in [0.05, 0.1) is 12.0 Å². The molecule has 3 aromatic rings. The van der Waals surface area contributed by atoms with E-state index in [-0.39, 0.29) is 11.4 Å². The fourth-order valence-electron chi connectivity index (χ4n) is 3.40. The number of benzene rings is 3. The first-order valence-corrected chi connectivity index (χ1v) is 12.6. The van der Waals surface area contributed by atoms with Crippen LogP contribution < -0.4 is 14.8 Å². The molecule has 4 rings (SSSR count). The maximum Gasteiger partial charge on any atom is 0.294 e. The van der Waals surface area contributed by atoms with Crippen molar-refractivity contribution in [1.82, 2.24) is 4.90 Å². The number of thioether (sulfide) groups is 1. The molecule has 0 unspecified atom stereocenters. The monoisotopic (exact) mass is 566 g/mol. The zero-order valence-electron chi connectivity index (χ0n) is 19.6. The van der Waals surface area contributed by atoms with Crippen LogP contribution in [0.2, 0.25) is 0 Å². The Bertz CT molecular complexity index is 1320. The maximum absolute atomic E-state index is 13.0. The fourth-order valence-corrected chi connectivity index (χ4v) is 4.61. The summed E-state index contributed by atoms with van der Waals surface area (Å²) in [6, 6.07) is 20.2. The van der Waals surface area contributed by atoms with Crippen LogP contribution in [0.5, 0.6) is 11.5 Å². The summed E-state index contributed by atoms with van der Waals surface area (Å²) >= 11 is 4.24. The molecule has 184 valence electrons. The minimum atomic E-state index is -0.528. The molecule has 0 aliphatic carbocycles. The Balaban J connectivity index is 1.45. The van der Waals surface area contributed by atoms with E-state index in [9.17, 15) is 14.4 Å². The van der Waals surface area contributed by atoms with E-state index in [4.69, 9.17) is 9.47 Å². The molecular formula is C27H23BrN2O5S. The molecule has 0 saturated carbocycles. The number of ether oxygens (including phenoxy) is 2. The van der Waals surface area contributed by atoms with Crippen LogP contribution in [-0.4, -0.2) is 35.6 Å². The van der Waals surface area contributed by atoms with E-state index in [2.05, 4.69) is 21.2 Å². The zero-order chi connectivity index (χ0) is 25.7. The number of rotatable bonds is 8. The number of anilines is 1. The third-order valence-electron chi connectivity index (χ3n) is 5.32. The number of hydrogen-bond donors (Lipinski definition) is 1. The topological polar surface area (TPSA) is 84.9 Å². The number of nitrogens with one attached hydrogen (secondary N) is 1. The van der Waals surface area contributed by atoms with Gasteiger partial charge < -0.3 is 14.8 Å². The molecule has 0 bridgehead atoms. The van der Waals surface area contributed by atoms with E-state index in [1.807, 2.05) is 43.3 Å². The van der Waals surface area contributed by atoms with Gasteiger partial charge in [-0.15, -0.1) is 0 Å². The highest BCUT2D eigenvalue weighted by Crippen LogP contribution is 2.35. The number of carbonyl (C=O) groups is 3. The zero-order valence-corrected chi connectivity index (χ0v) is 22.0. The molecule has 0 aromatic heterocycles. The first kappa shape index (κ1) is 25.5. The summed E-state index contributed by atoms with van der Waals surface area (Å²) in [6.07, 6.45) is 1.61. The molecule has 0 spiro atoms. The Morgan fingerprint density at radius 3 is 2.47 bits per heavy atom. The van der Waals surface area contributed by atoms with Crippen molar-refractivity contribution >= 4 is 56.5 Å². The van der Waals surface area contributed by atoms with Crippen molar-refractivity contribution in [1.29, 1.82) is 0 Å². The Labute approximate surface area is 221 Å². The average molecular weight is 567 g/mol. The van der Waals surface area contributed by atoms with Crippen LogP contribution in [0.25, 0.3) is 6.08 Å². The van der Waals surface area contributed by atoms with Crippen LogP contribution in [0.3, 0.4) is 0 Å². The van der Waals surface area contributed by atoms with E-state index in [0.29, 0.717) is 29.4 Å². The highest BCUT2D eigenvalue weighted by atomic mass is 79.9. The molecule has 0 radical (unpaired) electrons. The smallest absolute Gasteiger partial charge is 0.294 e. The lowest BCUT2D eigenvalue weighted by Gasteiger charge is -2.13. The van der Waals surface area contributed by atoms with E-state index < -0.39 is 17.1 Å². The first-order chi connectivity index (χ1) is 17.3. The summed E-state index contributed by atoms with van der Waals surface area (Å²) < 4.78 is 11.9. The summed E-state index contributed by atoms with van der Waals surface area (Å²) in [5.74, 6) is 0.217. The molecule has 1 saturated heterocycles. The molecule has 36 heavy (non-hydrogen) atoms. The van der Waals surface area contributed by atoms with Crippen LogP contribution in [-0.2, 0) is 16.2 Å². The van der Waals surface area contributed by atoms with Gasteiger partial charge in [-0.3, -0.25) is 19.3 Å². The van der Waals surface area contributed by atoms with Crippen molar-refractivity contribution in [3.63, 3.8) is 0 Å². The third-order valence-corrected chi connectivity index (χ3v) is 6.72. The third kappa shape index (κ3) is 6.35. The Hall–Kier alpha value is -3.56. The summed E-state index contributed by atoms with van der Waals surface area (Å²) in [5, 5.41) is 2.18. The normalized spacial score (nSPS) is 14.3. The molecule has 1 aliphatic heterocycles. The van der Waals surface area contributed by atoms with Crippen molar-refractivity contribution in [2.75, 3.05) is 19.0 Å². The molecular weight excluding hydrogens is 544 g/mol. The molecule has 0 atom stereocenters. The molecule has 1 N–H and O–H groups in total. The van der Waals surface area contributed by atoms with Crippen LogP contribution >= 0.6 is 27.7 Å². The number of nitrogens with zero attached hydrogens (tertiary/aromatic N) is 1. The van der Waals surface area contributed by atoms with Gasteiger partial charge in [-0.05, 0) is 72.8 Å². The van der Waals surface area contributed by atoms with Crippen molar-refractivity contribution in [3.05, 3.63) is 92.8 Å². The van der Waals surface area contributed by atoms with Crippen LogP contribution in [0.1, 0.15) is 16.7 Å². The van der Waals surface area contributed by atoms with Gasteiger partial charge in [-0.1, -0.05) is 45.8 Å². The van der Waals surface area contributed by atoms with Crippen molar-refractivity contribution < 1.29 is 23.9 Å². The highest BCUT2D eigenvalue weighted by Gasteiger charge is 2.36. The second kappa shape index (κ2) is 11.5. The van der Waals surface area contributed by atoms with Crippen molar-refractivity contribution in [2.24, 2.45) is 0 Å². The Morgan fingerprint density at radius 2 is 1.78 bits per heavy atom. The van der Waals surface area contributed by atoms with Crippen molar-refractivity contribution in [3.8, 4) is 11.5 Å². The van der Waals surface area contributed by atoms with Crippen LogP contribution in [0, 0.1) is 6.92 Å². The van der Waals surface area contributed by atoms with E-state index >= 15 is 0 Å². The second-order valence-electron chi connectivity index (χ2n) is 8.00. The number of hydrogen-bond acceptors (Lipinski definition) is 6. The molecule has 3 aromatic carbocycles.